The van der Waals surface area contributed by atoms with Gasteiger partial charge in [0.2, 0.25) is 0 Å². The van der Waals surface area contributed by atoms with Crippen molar-refractivity contribution in [1.29, 1.82) is 0 Å². The van der Waals surface area contributed by atoms with Crippen LogP contribution in [-0.4, -0.2) is 25.8 Å². The lowest BCUT2D eigenvalue weighted by Gasteiger charge is -2.12. The molecule has 1 amide bonds. The highest BCUT2D eigenvalue weighted by Crippen LogP contribution is 2.42. The number of hydrogen-bond acceptors (Lipinski definition) is 6. The molecule has 164 valence electrons. The largest absolute Gasteiger partial charge is 0.434 e. The minimum Gasteiger partial charge on any atom is -0.355 e. The van der Waals surface area contributed by atoms with E-state index in [2.05, 4.69) is 15.2 Å². The number of benzene rings is 1. The van der Waals surface area contributed by atoms with Crippen molar-refractivity contribution in [2.75, 3.05) is 0 Å². The van der Waals surface area contributed by atoms with Gasteiger partial charge in [-0.25, -0.2) is 10.5 Å². The molecule has 0 fully saturated rings. The Morgan fingerprint density at radius 2 is 1.94 bits per heavy atom. The molecule has 0 aliphatic rings. The number of halogens is 4. The second-order valence-corrected chi connectivity index (χ2v) is 7.07. The minimum absolute atomic E-state index is 0.0455. The van der Waals surface area contributed by atoms with Crippen LogP contribution in [0.4, 0.5) is 13.2 Å². The number of hydrogen-bond donors (Lipinski definition) is 2. The highest BCUT2D eigenvalue weighted by molar-refractivity contribution is 6.33. The number of aromatic nitrogens is 4. The van der Waals surface area contributed by atoms with E-state index in [-0.39, 0.29) is 22.0 Å². The number of rotatable bonds is 4. The molecule has 0 atom stereocenters. The van der Waals surface area contributed by atoms with Crippen molar-refractivity contribution in [2.45, 2.75) is 13.1 Å². The number of nitrogens with two attached hydrogens (primary N) is 1. The Labute approximate surface area is 183 Å². The van der Waals surface area contributed by atoms with Crippen molar-refractivity contribution < 1.29 is 22.5 Å². The molecular weight excluding hydrogens is 449 g/mol. The summed E-state index contributed by atoms with van der Waals surface area (Å²) in [6.07, 6.45) is -1.24. The van der Waals surface area contributed by atoms with Crippen molar-refractivity contribution in [3.8, 4) is 28.3 Å². The van der Waals surface area contributed by atoms with Gasteiger partial charge >= 0.3 is 6.18 Å². The average molecular weight is 463 g/mol. The van der Waals surface area contributed by atoms with Gasteiger partial charge in [0, 0.05) is 18.0 Å². The standard InChI is InChI=1S/C20H14ClF3N6O2/c1-10-3-2-4-13(21)14(10)16-15(19(31)28-25)17(32-29-16)12-9-27-30(18(12)20(22,23)24)11-5-7-26-8-6-11/h2-9H,25H2,1H3,(H,28,31). The SMILES string of the molecule is Cc1cccc(Cl)c1-c1noc(-c2cnn(-c3ccncc3)c2C(F)(F)F)c1C(=O)NN. The summed E-state index contributed by atoms with van der Waals surface area (Å²) in [6.45, 7) is 1.71. The van der Waals surface area contributed by atoms with Gasteiger partial charge in [-0.3, -0.25) is 15.2 Å². The predicted octanol–water partition coefficient (Wildman–Crippen LogP) is 4.17. The maximum Gasteiger partial charge on any atom is 0.434 e. The van der Waals surface area contributed by atoms with Gasteiger partial charge in [-0.05, 0) is 30.7 Å². The Bertz CT molecular complexity index is 1280. The van der Waals surface area contributed by atoms with E-state index in [1.807, 2.05) is 5.43 Å². The first-order valence-electron chi connectivity index (χ1n) is 9.06. The fourth-order valence-electron chi connectivity index (χ4n) is 3.33. The molecule has 0 bridgehead atoms. The predicted molar refractivity (Wildman–Crippen MR) is 109 cm³/mol. The van der Waals surface area contributed by atoms with Crippen LogP contribution < -0.4 is 11.3 Å². The number of aryl methyl sites for hydroxylation is 1. The number of carbonyl (C=O) groups is 1. The van der Waals surface area contributed by atoms with Gasteiger partial charge in [0.15, 0.2) is 11.5 Å². The van der Waals surface area contributed by atoms with Crippen LogP contribution in [0.5, 0.6) is 0 Å². The lowest BCUT2D eigenvalue weighted by molar-refractivity contribution is -0.142. The fourth-order valence-corrected chi connectivity index (χ4v) is 3.64. The Morgan fingerprint density at radius 1 is 1.22 bits per heavy atom. The molecule has 3 N–H and O–H groups in total. The van der Waals surface area contributed by atoms with Crippen molar-refractivity contribution in [3.63, 3.8) is 0 Å². The normalized spacial score (nSPS) is 11.6. The molecule has 1 aromatic carbocycles. The monoisotopic (exact) mass is 462 g/mol. The van der Waals surface area contributed by atoms with Gasteiger partial charge in [-0.2, -0.15) is 18.3 Å². The van der Waals surface area contributed by atoms with Crippen LogP contribution >= 0.6 is 11.6 Å². The van der Waals surface area contributed by atoms with Gasteiger partial charge in [0.05, 0.1) is 22.5 Å². The zero-order chi connectivity index (χ0) is 23.0. The summed E-state index contributed by atoms with van der Waals surface area (Å²) in [5.74, 6) is 3.95. The maximum atomic E-state index is 14.1. The first kappa shape index (κ1) is 21.5. The average Bonchev–Trinajstić information content (AvgIpc) is 3.38. The van der Waals surface area contributed by atoms with E-state index in [0.717, 1.165) is 6.20 Å². The van der Waals surface area contributed by atoms with Gasteiger partial charge in [0.25, 0.3) is 5.91 Å². The molecule has 0 radical (unpaired) electrons. The second kappa shape index (κ2) is 8.09. The van der Waals surface area contributed by atoms with E-state index in [1.165, 1.54) is 24.5 Å². The number of nitrogens with zero attached hydrogens (tertiary/aromatic N) is 4. The Morgan fingerprint density at radius 3 is 2.56 bits per heavy atom. The lowest BCUT2D eigenvalue weighted by Crippen LogP contribution is -2.30. The molecule has 4 aromatic rings. The van der Waals surface area contributed by atoms with E-state index in [4.69, 9.17) is 22.0 Å². The Balaban J connectivity index is 2.01. The topological polar surface area (TPSA) is 112 Å². The van der Waals surface area contributed by atoms with E-state index in [9.17, 15) is 18.0 Å². The van der Waals surface area contributed by atoms with Crippen molar-refractivity contribution in [3.05, 3.63) is 70.8 Å². The van der Waals surface area contributed by atoms with Crippen LogP contribution in [0.3, 0.4) is 0 Å². The maximum absolute atomic E-state index is 14.1. The molecule has 0 aliphatic carbocycles. The summed E-state index contributed by atoms with van der Waals surface area (Å²) in [6, 6.07) is 7.68. The summed E-state index contributed by atoms with van der Waals surface area (Å²) < 4.78 is 48.3. The van der Waals surface area contributed by atoms with E-state index < -0.39 is 29.1 Å². The number of alkyl halides is 3. The van der Waals surface area contributed by atoms with Crippen LogP contribution in [0.2, 0.25) is 5.02 Å². The molecule has 4 rings (SSSR count). The zero-order valence-electron chi connectivity index (χ0n) is 16.3. The highest BCUT2D eigenvalue weighted by Gasteiger charge is 2.42. The van der Waals surface area contributed by atoms with Crippen LogP contribution in [0, 0.1) is 6.92 Å². The number of nitrogen functional groups attached to an aromatic ring is 1. The van der Waals surface area contributed by atoms with Crippen molar-refractivity contribution in [1.82, 2.24) is 25.3 Å². The molecule has 0 aliphatic heterocycles. The zero-order valence-corrected chi connectivity index (χ0v) is 17.1. The van der Waals surface area contributed by atoms with Gasteiger partial charge in [-0.15, -0.1) is 0 Å². The first-order valence-corrected chi connectivity index (χ1v) is 9.44. The third kappa shape index (κ3) is 3.61. The third-order valence-electron chi connectivity index (χ3n) is 4.70. The van der Waals surface area contributed by atoms with Crippen molar-refractivity contribution >= 4 is 17.5 Å². The van der Waals surface area contributed by atoms with E-state index in [0.29, 0.717) is 15.8 Å². The number of hydrazine groups is 1. The van der Waals surface area contributed by atoms with Crippen molar-refractivity contribution in [2.24, 2.45) is 5.84 Å². The van der Waals surface area contributed by atoms with Gasteiger partial charge in [0.1, 0.15) is 11.3 Å². The Kier molecular flexibility index (Phi) is 5.45. The molecule has 0 saturated heterocycles. The number of nitrogens with one attached hydrogen (secondary N) is 1. The Hall–Kier alpha value is -3.70. The molecule has 3 heterocycles. The highest BCUT2D eigenvalue weighted by atomic mass is 35.5. The number of amides is 1. The molecular formula is C20H14ClF3N6O2. The summed E-state index contributed by atoms with van der Waals surface area (Å²) in [7, 11) is 0. The van der Waals surface area contributed by atoms with Gasteiger partial charge < -0.3 is 4.52 Å². The summed E-state index contributed by atoms with van der Waals surface area (Å²) in [5.41, 5.74) is 1.01. The molecule has 0 unspecified atom stereocenters. The summed E-state index contributed by atoms with van der Waals surface area (Å²) in [4.78, 5) is 16.4. The molecule has 32 heavy (non-hydrogen) atoms. The minimum atomic E-state index is -4.85. The third-order valence-corrected chi connectivity index (χ3v) is 5.01. The fraction of sp³-hybridized carbons (Fsp3) is 0.100. The molecule has 0 saturated carbocycles. The van der Waals surface area contributed by atoms with E-state index in [1.54, 1.807) is 25.1 Å². The van der Waals surface area contributed by atoms with Crippen LogP contribution in [0.25, 0.3) is 28.3 Å². The number of pyridine rings is 1. The molecule has 3 aromatic heterocycles. The lowest BCUT2D eigenvalue weighted by atomic mass is 9.98. The molecule has 12 heteroatoms. The molecule has 8 nitrogen and oxygen atoms in total. The van der Waals surface area contributed by atoms with Crippen LogP contribution in [0.1, 0.15) is 21.6 Å². The summed E-state index contributed by atoms with van der Waals surface area (Å²) >= 11 is 6.28. The first-order chi connectivity index (χ1) is 15.2. The quantitative estimate of drug-likeness (QED) is 0.267. The molecule has 0 spiro atoms. The van der Waals surface area contributed by atoms with Gasteiger partial charge in [-0.1, -0.05) is 28.9 Å². The summed E-state index contributed by atoms with van der Waals surface area (Å²) in [5, 5.41) is 7.97. The second-order valence-electron chi connectivity index (χ2n) is 6.66. The smallest absolute Gasteiger partial charge is 0.355 e. The van der Waals surface area contributed by atoms with Crippen LogP contribution in [-0.2, 0) is 6.18 Å². The van der Waals surface area contributed by atoms with Crippen LogP contribution in [0.15, 0.2) is 53.4 Å². The number of carbonyl (C=O) groups excluding carboxylic acids is 1. The van der Waals surface area contributed by atoms with E-state index >= 15 is 0 Å².